The van der Waals surface area contributed by atoms with E-state index in [1.165, 1.54) is 75.3 Å². The summed E-state index contributed by atoms with van der Waals surface area (Å²) in [6.45, 7) is 9.69. The minimum Gasteiger partial charge on any atom is -0.0654 e. The van der Waals surface area contributed by atoms with Crippen LogP contribution in [0.4, 0.5) is 0 Å². The van der Waals surface area contributed by atoms with Crippen LogP contribution in [-0.4, -0.2) is 0 Å². The second kappa shape index (κ2) is 11.4. The topological polar surface area (TPSA) is 0 Å². The molecular formula is C28H42. The van der Waals surface area contributed by atoms with E-state index in [1.807, 2.05) is 0 Å². The van der Waals surface area contributed by atoms with E-state index >= 15 is 0 Å². The molecule has 0 aliphatic carbocycles. The average Bonchev–Trinajstić information content (AvgIpc) is 2.75. The van der Waals surface area contributed by atoms with Crippen molar-refractivity contribution in [3.05, 3.63) is 71.8 Å². The quantitative estimate of drug-likeness (QED) is 0.305. The van der Waals surface area contributed by atoms with Crippen LogP contribution in [0, 0.1) is 0 Å². The highest BCUT2D eigenvalue weighted by atomic mass is 14.5. The largest absolute Gasteiger partial charge is 0.0654 e. The Bertz CT molecular complexity index is 585. The number of hydrogen-bond acceptors (Lipinski definition) is 0. The van der Waals surface area contributed by atoms with E-state index in [2.05, 4.69) is 88.4 Å². The first-order valence-electron chi connectivity index (χ1n) is 11.7. The third-order valence-corrected chi connectivity index (χ3v) is 7.10. The highest BCUT2D eigenvalue weighted by Gasteiger charge is 2.45. The maximum atomic E-state index is 2.54. The first-order valence-corrected chi connectivity index (χ1v) is 11.7. The Morgan fingerprint density at radius 2 is 0.857 bits per heavy atom. The molecule has 0 aromatic heterocycles. The highest BCUT2D eigenvalue weighted by molar-refractivity contribution is 5.37. The molecule has 0 aliphatic rings. The fraction of sp³-hybridized carbons (Fsp3) is 0.571. The van der Waals surface area contributed by atoms with Gasteiger partial charge in [0.05, 0.1) is 0 Å². The summed E-state index contributed by atoms with van der Waals surface area (Å²) in [7, 11) is 0. The Balaban J connectivity index is 2.41. The van der Waals surface area contributed by atoms with Crippen molar-refractivity contribution < 1.29 is 0 Å². The zero-order valence-electron chi connectivity index (χ0n) is 18.8. The number of hydrogen-bond donors (Lipinski definition) is 0. The lowest BCUT2D eigenvalue weighted by Crippen LogP contribution is -2.45. The van der Waals surface area contributed by atoms with Crippen molar-refractivity contribution in [2.75, 3.05) is 0 Å². The molecule has 0 aliphatic heterocycles. The average molecular weight is 379 g/mol. The van der Waals surface area contributed by atoms with Crippen LogP contribution in [0.25, 0.3) is 0 Å². The molecule has 0 saturated carbocycles. The summed E-state index contributed by atoms with van der Waals surface area (Å²) in [5, 5.41) is 0. The molecule has 154 valence electrons. The van der Waals surface area contributed by atoms with Gasteiger partial charge in [-0.2, -0.15) is 0 Å². The van der Waals surface area contributed by atoms with Crippen LogP contribution < -0.4 is 0 Å². The van der Waals surface area contributed by atoms with Gasteiger partial charge >= 0.3 is 0 Å². The summed E-state index contributed by atoms with van der Waals surface area (Å²) >= 11 is 0. The SMILES string of the molecule is CCCCCCC(C)(c1ccccc1)C(C)(CCCCCC)c1ccccc1. The molecular weight excluding hydrogens is 336 g/mol. The molecule has 0 heterocycles. The molecule has 2 aromatic carbocycles. The van der Waals surface area contributed by atoms with Crippen molar-refractivity contribution >= 4 is 0 Å². The van der Waals surface area contributed by atoms with Crippen LogP contribution in [0.1, 0.15) is 103 Å². The fourth-order valence-corrected chi connectivity index (χ4v) is 4.90. The van der Waals surface area contributed by atoms with Gasteiger partial charge in [-0.15, -0.1) is 0 Å². The minimum absolute atomic E-state index is 0.148. The summed E-state index contributed by atoms with van der Waals surface area (Å²) in [6, 6.07) is 22.7. The van der Waals surface area contributed by atoms with E-state index in [1.54, 1.807) is 0 Å². The molecule has 0 bridgehead atoms. The molecule has 0 nitrogen and oxygen atoms in total. The summed E-state index contributed by atoms with van der Waals surface area (Å²) in [5.41, 5.74) is 3.31. The van der Waals surface area contributed by atoms with Crippen molar-refractivity contribution in [3.63, 3.8) is 0 Å². The van der Waals surface area contributed by atoms with Crippen LogP contribution >= 0.6 is 0 Å². The number of rotatable bonds is 13. The maximum absolute atomic E-state index is 2.54. The lowest BCUT2D eigenvalue weighted by molar-refractivity contribution is 0.207. The molecule has 2 rings (SSSR count). The minimum atomic E-state index is 0.148. The summed E-state index contributed by atoms with van der Waals surface area (Å²) < 4.78 is 0. The van der Waals surface area contributed by atoms with Crippen LogP contribution in [-0.2, 0) is 10.8 Å². The zero-order chi connectivity index (χ0) is 20.3. The van der Waals surface area contributed by atoms with Crippen LogP contribution in [0.2, 0.25) is 0 Å². The smallest absolute Gasteiger partial charge is 0.00189 e. The normalized spacial score (nSPS) is 15.7. The Hall–Kier alpha value is -1.56. The molecule has 0 N–H and O–H groups in total. The summed E-state index contributed by atoms with van der Waals surface area (Å²) in [6.07, 6.45) is 13.1. The summed E-state index contributed by atoms with van der Waals surface area (Å²) in [5.74, 6) is 0. The van der Waals surface area contributed by atoms with Gasteiger partial charge in [0, 0.05) is 10.8 Å². The second-order valence-corrected chi connectivity index (χ2v) is 9.02. The number of benzene rings is 2. The van der Waals surface area contributed by atoms with E-state index in [0.717, 1.165) is 0 Å². The molecule has 2 aromatic rings. The van der Waals surface area contributed by atoms with Crippen molar-refractivity contribution in [3.8, 4) is 0 Å². The van der Waals surface area contributed by atoms with E-state index in [9.17, 15) is 0 Å². The third kappa shape index (κ3) is 5.49. The van der Waals surface area contributed by atoms with Crippen molar-refractivity contribution in [2.24, 2.45) is 0 Å². The monoisotopic (exact) mass is 378 g/mol. The van der Waals surface area contributed by atoms with Gasteiger partial charge in [-0.25, -0.2) is 0 Å². The molecule has 0 amide bonds. The molecule has 28 heavy (non-hydrogen) atoms. The van der Waals surface area contributed by atoms with Gasteiger partial charge in [-0.3, -0.25) is 0 Å². The predicted molar refractivity (Wildman–Crippen MR) is 125 cm³/mol. The van der Waals surface area contributed by atoms with E-state index < -0.39 is 0 Å². The molecule has 0 spiro atoms. The lowest BCUT2D eigenvalue weighted by atomic mass is 9.55. The lowest BCUT2D eigenvalue weighted by Gasteiger charge is -2.48. The van der Waals surface area contributed by atoms with Crippen molar-refractivity contribution in [1.82, 2.24) is 0 Å². The van der Waals surface area contributed by atoms with Crippen LogP contribution in [0.15, 0.2) is 60.7 Å². The Labute approximate surface area is 174 Å². The van der Waals surface area contributed by atoms with Gasteiger partial charge in [-0.1, -0.05) is 140 Å². The Morgan fingerprint density at radius 3 is 1.18 bits per heavy atom. The standard InChI is InChI=1S/C28H42/c1-5-7-9-17-23-27(3,25-19-13-11-14-20-25)28(4,24-18-10-8-6-2)26-21-15-12-16-22-26/h11-16,19-22H,5-10,17-18,23-24H2,1-4H3. The van der Waals surface area contributed by atoms with Crippen molar-refractivity contribution in [2.45, 2.75) is 103 Å². The molecule has 0 radical (unpaired) electrons. The summed E-state index contributed by atoms with van der Waals surface area (Å²) in [4.78, 5) is 0. The molecule has 2 atom stereocenters. The van der Waals surface area contributed by atoms with E-state index in [-0.39, 0.29) is 10.8 Å². The van der Waals surface area contributed by atoms with Crippen molar-refractivity contribution in [1.29, 1.82) is 0 Å². The predicted octanol–water partition coefficient (Wildman–Crippen LogP) is 8.84. The maximum Gasteiger partial charge on any atom is 0.00189 e. The zero-order valence-corrected chi connectivity index (χ0v) is 18.8. The first kappa shape index (κ1) is 22.7. The van der Waals surface area contributed by atoms with Gasteiger partial charge in [0.25, 0.3) is 0 Å². The van der Waals surface area contributed by atoms with E-state index in [4.69, 9.17) is 0 Å². The Kier molecular flexibility index (Phi) is 9.29. The van der Waals surface area contributed by atoms with Gasteiger partial charge in [0.1, 0.15) is 0 Å². The second-order valence-electron chi connectivity index (χ2n) is 9.02. The molecule has 0 fully saturated rings. The highest BCUT2D eigenvalue weighted by Crippen LogP contribution is 2.50. The number of unbranched alkanes of at least 4 members (excludes halogenated alkanes) is 6. The van der Waals surface area contributed by atoms with Gasteiger partial charge in [0.2, 0.25) is 0 Å². The van der Waals surface area contributed by atoms with Crippen LogP contribution in [0.5, 0.6) is 0 Å². The Morgan fingerprint density at radius 1 is 0.500 bits per heavy atom. The molecule has 0 heteroatoms. The molecule has 0 saturated heterocycles. The first-order chi connectivity index (χ1) is 13.6. The van der Waals surface area contributed by atoms with Gasteiger partial charge in [0.15, 0.2) is 0 Å². The third-order valence-electron chi connectivity index (χ3n) is 7.10. The van der Waals surface area contributed by atoms with Crippen LogP contribution in [0.3, 0.4) is 0 Å². The van der Waals surface area contributed by atoms with Gasteiger partial charge in [-0.05, 0) is 24.0 Å². The fourth-order valence-electron chi connectivity index (χ4n) is 4.90. The van der Waals surface area contributed by atoms with Gasteiger partial charge < -0.3 is 0 Å². The van der Waals surface area contributed by atoms with E-state index in [0.29, 0.717) is 0 Å². The molecule has 2 unspecified atom stereocenters.